The highest BCUT2D eigenvalue weighted by molar-refractivity contribution is 7.13. The third-order valence-corrected chi connectivity index (χ3v) is 4.44. The Bertz CT molecular complexity index is 1030. The highest BCUT2D eigenvalue weighted by Gasteiger charge is 2.12. The highest BCUT2D eigenvalue weighted by atomic mass is 32.1. The van der Waals surface area contributed by atoms with Gasteiger partial charge in [-0.2, -0.15) is 0 Å². The van der Waals surface area contributed by atoms with E-state index in [1.54, 1.807) is 24.7 Å². The van der Waals surface area contributed by atoms with Crippen LogP contribution in [0.4, 0.5) is 5.69 Å². The second-order valence-electron chi connectivity index (χ2n) is 5.32. The molecular weight excluding hydrogens is 334 g/mol. The number of pyridine rings is 1. The van der Waals surface area contributed by atoms with Crippen LogP contribution in [0.2, 0.25) is 0 Å². The van der Waals surface area contributed by atoms with Gasteiger partial charge in [0.05, 0.1) is 23.3 Å². The Hall–Kier alpha value is -3.19. The fraction of sp³-hybridized carbons (Fsp3) is 0.0556. The molecule has 7 heteroatoms. The van der Waals surface area contributed by atoms with Gasteiger partial charge in [-0.1, -0.05) is 18.2 Å². The monoisotopic (exact) mass is 347 g/mol. The van der Waals surface area contributed by atoms with E-state index in [4.69, 9.17) is 0 Å². The van der Waals surface area contributed by atoms with Crippen molar-refractivity contribution >= 4 is 33.8 Å². The number of amides is 1. The van der Waals surface area contributed by atoms with Crippen molar-refractivity contribution in [1.82, 2.24) is 19.9 Å². The first-order valence-corrected chi connectivity index (χ1v) is 8.53. The Labute approximate surface area is 147 Å². The molecule has 0 spiro atoms. The number of aromatic nitrogens is 4. The van der Waals surface area contributed by atoms with Crippen LogP contribution in [0.15, 0.2) is 60.4 Å². The van der Waals surface area contributed by atoms with Crippen LogP contribution in [-0.4, -0.2) is 25.8 Å². The fourth-order valence-electron chi connectivity index (χ4n) is 2.46. The topological polar surface area (TPSA) is 80.7 Å². The van der Waals surface area contributed by atoms with Gasteiger partial charge in [-0.05, 0) is 18.2 Å². The largest absolute Gasteiger partial charge is 0.324 e. The molecule has 1 amide bonds. The maximum Gasteiger partial charge on any atom is 0.230 e. The van der Waals surface area contributed by atoms with E-state index in [1.807, 2.05) is 35.7 Å². The summed E-state index contributed by atoms with van der Waals surface area (Å²) in [5.74, 6) is 0.432. The molecular formula is C18H13N5OS. The predicted octanol–water partition coefficient (Wildman–Crippen LogP) is 3.33. The van der Waals surface area contributed by atoms with Crippen molar-refractivity contribution in [3.63, 3.8) is 0 Å². The molecule has 0 radical (unpaired) electrons. The zero-order valence-electron chi connectivity index (χ0n) is 13.1. The standard InChI is InChI=1S/C18H13N5OS/c24-15(23-14-6-1-4-12-5-2-7-19-16(12)14)10-13-11-25-18(22-13)17-20-8-3-9-21-17/h1-9,11H,10H2,(H,23,24). The summed E-state index contributed by atoms with van der Waals surface area (Å²) in [6.45, 7) is 0. The number of hydrogen-bond donors (Lipinski definition) is 1. The van der Waals surface area contributed by atoms with Gasteiger partial charge < -0.3 is 5.32 Å². The summed E-state index contributed by atoms with van der Waals surface area (Å²) in [5, 5.41) is 6.46. The van der Waals surface area contributed by atoms with Crippen molar-refractivity contribution < 1.29 is 4.79 Å². The van der Waals surface area contributed by atoms with Gasteiger partial charge in [0.1, 0.15) is 0 Å². The number of hydrogen-bond acceptors (Lipinski definition) is 6. The van der Waals surface area contributed by atoms with Crippen molar-refractivity contribution in [3.05, 3.63) is 66.1 Å². The van der Waals surface area contributed by atoms with Gasteiger partial charge in [-0.25, -0.2) is 15.0 Å². The zero-order valence-corrected chi connectivity index (χ0v) is 13.9. The van der Waals surface area contributed by atoms with E-state index in [2.05, 4.69) is 25.3 Å². The number of thiazole rings is 1. The minimum Gasteiger partial charge on any atom is -0.324 e. The molecule has 3 aromatic heterocycles. The lowest BCUT2D eigenvalue weighted by Gasteiger charge is -2.07. The van der Waals surface area contributed by atoms with Gasteiger partial charge in [0.25, 0.3) is 0 Å². The van der Waals surface area contributed by atoms with Crippen LogP contribution >= 0.6 is 11.3 Å². The zero-order chi connectivity index (χ0) is 17.1. The number of rotatable bonds is 4. The molecule has 1 N–H and O–H groups in total. The van der Waals surface area contributed by atoms with Crippen molar-refractivity contribution in [3.8, 4) is 10.8 Å². The van der Waals surface area contributed by atoms with Gasteiger partial charge in [-0.3, -0.25) is 9.78 Å². The Balaban J connectivity index is 1.50. The van der Waals surface area contributed by atoms with Crippen molar-refractivity contribution in [2.24, 2.45) is 0 Å². The number of nitrogens with one attached hydrogen (secondary N) is 1. The highest BCUT2D eigenvalue weighted by Crippen LogP contribution is 2.22. The third-order valence-electron chi connectivity index (χ3n) is 3.56. The molecule has 122 valence electrons. The number of anilines is 1. The third kappa shape index (κ3) is 3.36. The first kappa shape index (κ1) is 15.3. The molecule has 0 saturated carbocycles. The lowest BCUT2D eigenvalue weighted by atomic mass is 10.2. The molecule has 6 nitrogen and oxygen atoms in total. The molecule has 4 aromatic rings. The average Bonchev–Trinajstić information content (AvgIpc) is 3.11. The van der Waals surface area contributed by atoms with E-state index < -0.39 is 0 Å². The second kappa shape index (κ2) is 6.74. The number of carbonyl (C=O) groups excluding carboxylic acids is 1. The maximum absolute atomic E-state index is 12.4. The SMILES string of the molecule is O=C(Cc1csc(-c2ncccn2)n1)Nc1cccc2cccnc12. The molecule has 25 heavy (non-hydrogen) atoms. The minimum atomic E-state index is -0.135. The lowest BCUT2D eigenvalue weighted by molar-refractivity contribution is -0.115. The molecule has 0 aliphatic heterocycles. The quantitative estimate of drug-likeness (QED) is 0.612. The molecule has 0 bridgehead atoms. The lowest BCUT2D eigenvalue weighted by Crippen LogP contribution is -2.15. The molecule has 0 atom stereocenters. The van der Waals surface area contributed by atoms with E-state index in [0.717, 1.165) is 10.9 Å². The first-order valence-electron chi connectivity index (χ1n) is 7.65. The molecule has 1 aromatic carbocycles. The van der Waals surface area contributed by atoms with Crippen LogP contribution < -0.4 is 5.32 Å². The normalized spacial score (nSPS) is 10.7. The fourth-order valence-corrected chi connectivity index (χ4v) is 3.23. The Morgan fingerprint density at radius 2 is 1.80 bits per heavy atom. The van der Waals surface area contributed by atoms with E-state index in [1.165, 1.54) is 11.3 Å². The first-order chi connectivity index (χ1) is 12.3. The van der Waals surface area contributed by atoms with E-state index in [-0.39, 0.29) is 12.3 Å². The number of nitrogens with zero attached hydrogens (tertiary/aromatic N) is 4. The van der Waals surface area contributed by atoms with Crippen molar-refractivity contribution in [1.29, 1.82) is 0 Å². The summed E-state index contributed by atoms with van der Waals surface area (Å²) in [6, 6.07) is 11.3. The van der Waals surface area contributed by atoms with E-state index in [0.29, 0.717) is 22.2 Å². The molecule has 0 unspecified atom stereocenters. The summed E-state index contributed by atoms with van der Waals surface area (Å²) in [7, 11) is 0. The van der Waals surface area contributed by atoms with Crippen LogP contribution in [0, 0.1) is 0 Å². The number of fused-ring (bicyclic) bond motifs is 1. The Kier molecular flexibility index (Phi) is 4.14. The average molecular weight is 347 g/mol. The molecule has 4 rings (SSSR count). The molecule has 0 aliphatic rings. The van der Waals surface area contributed by atoms with Gasteiger partial charge in [0.2, 0.25) is 5.91 Å². The van der Waals surface area contributed by atoms with Crippen LogP contribution in [0.25, 0.3) is 21.7 Å². The maximum atomic E-state index is 12.4. The van der Waals surface area contributed by atoms with E-state index >= 15 is 0 Å². The molecule has 3 heterocycles. The summed E-state index contributed by atoms with van der Waals surface area (Å²) in [4.78, 5) is 29.5. The summed E-state index contributed by atoms with van der Waals surface area (Å²) in [5.41, 5.74) is 2.16. The smallest absolute Gasteiger partial charge is 0.230 e. The number of carbonyl (C=O) groups is 1. The molecule has 0 saturated heterocycles. The number of para-hydroxylation sites is 1. The minimum absolute atomic E-state index is 0.135. The van der Waals surface area contributed by atoms with Gasteiger partial charge in [0.15, 0.2) is 10.8 Å². The van der Waals surface area contributed by atoms with Crippen LogP contribution in [0.5, 0.6) is 0 Å². The summed E-state index contributed by atoms with van der Waals surface area (Å²) >= 11 is 1.43. The van der Waals surface area contributed by atoms with Crippen LogP contribution in [-0.2, 0) is 11.2 Å². The van der Waals surface area contributed by atoms with Gasteiger partial charge in [0, 0.05) is 29.4 Å². The van der Waals surface area contributed by atoms with E-state index in [9.17, 15) is 4.79 Å². The van der Waals surface area contributed by atoms with Crippen molar-refractivity contribution in [2.45, 2.75) is 6.42 Å². The van der Waals surface area contributed by atoms with Gasteiger partial charge >= 0.3 is 0 Å². The van der Waals surface area contributed by atoms with Crippen LogP contribution in [0.1, 0.15) is 5.69 Å². The summed E-state index contributed by atoms with van der Waals surface area (Å²) < 4.78 is 0. The predicted molar refractivity (Wildman–Crippen MR) is 97.2 cm³/mol. The summed E-state index contributed by atoms with van der Waals surface area (Å²) in [6.07, 6.45) is 5.24. The van der Waals surface area contributed by atoms with Gasteiger partial charge in [-0.15, -0.1) is 11.3 Å². The molecule has 0 fully saturated rings. The Morgan fingerprint density at radius 1 is 1.00 bits per heavy atom. The van der Waals surface area contributed by atoms with Crippen LogP contribution in [0.3, 0.4) is 0 Å². The second-order valence-corrected chi connectivity index (χ2v) is 6.18. The van der Waals surface area contributed by atoms with Crippen molar-refractivity contribution in [2.75, 3.05) is 5.32 Å². The molecule has 0 aliphatic carbocycles. The Morgan fingerprint density at radius 3 is 2.68 bits per heavy atom. The number of benzene rings is 1.